The SMILES string of the molecule is CCCCCCCCCC(CCCCCCCC(=O)OC)P(=O)(O)C(CCCCCCCCC)CCCCCCCC(=O)OC. The standard InChI is InChI=1S/C38H75O6P/c1-5-7-9-11-13-17-23-29-35(31-25-19-15-21-27-33-37(39)43-3)45(41,42)36(30-24-18-14-12-10-8-6-2)32-26-20-16-22-28-34-38(40)44-4/h35-36H,5-34H2,1-4H3,(H,41,42). The molecule has 0 amide bonds. The number of carbonyl (C=O) groups is 2. The van der Waals surface area contributed by atoms with E-state index in [1.807, 2.05) is 0 Å². The van der Waals surface area contributed by atoms with Crippen molar-refractivity contribution in [3.05, 3.63) is 0 Å². The van der Waals surface area contributed by atoms with Gasteiger partial charge in [0.05, 0.1) is 14.2 Å². The predicted molar refractivity (Wildman–Crippen MR) is 191 cm³/mol. The van der Waals surface area contributed by atoms with Gasteiger partial charge in [0.15, 0.2) is 0 Å². The second-order valence-corrected chi connectivity index (χ2v) is 16.4. The number of ether oxygens (including phenoxy) is 2. The van der Waals surface area contributed by atoms with Crippen molar-refractivity contribution < 1.29 is 28.5 Å². The molecule has 1 N–H and O–H groups in total. The molecular formula is C38H75O6P. The Hall–Kier alpha value is -0.870. The first kappa shape index (κ1) is 44.1. The molecule has 7 heteroatoms. The fourth-order valence-corrected chi connectivity index (χ4v) is 9.37. The van der Waals surface area contributed by atoms with Gasteiger partial charge in [-0.05, 0) is 38.5 Å². The van der Waals surface area contributed by atoms with Crippen molar-refractivity contribution in [2.75, 3.05) is 14.2 Å². The van der Waals surface area contributed by atoms with Gasteiger partial charge in [-0.2, -0.15) is 0 Å². The lowest BCUT2D eigenvalue weighted by Crippen LogP contribution is -2.20. The van der Waals surface area contributed by atoms with Crippen LogP contribution in [0.5, 0.6) is 0 Å². The molecule has 0 saturated heterocycles. The van der Waals surface area contributed by atoms with Gasteiger partial charge in [0.2, 0.25) is 7.37 Å². The molecule has 0 heterocycles. The third kappa shape index (κ3) is 25.8. The van der Waals surface area contributed by atoms with Gasteiger partial charge in [-0.3, -0.25) is 14.2 Å². The Kier molecular flexibility index (Phi) is 31.1. The quantitative estimate of drug-likeness (QED) is 0.0420. The van der Waals surface area contributed by atoms with Crippen molar-refractivity contribution in [3.63, 3.8) is 0 Å². The van der Waals surface area contributed by atoms with Crippen molar-refractivity contribution in [1.82, 2.24) is 0 Å². The van der Waals surface area contributed by atoms with Gasteiger partial charge in [0.25, 0.3) is 0 Å². The van der Waals surface area contributed by atoms with E-state index < -0.39 is 7.37 Å². The Morgan fingerprint density at radius 3 is 0.978 bits per heavy atom. The highest BCUT2D eigenvalue weighted by molar-refractivity contribution is 7.59. The third-order valence-electron chi connectivity index (χ3n) is 9.62. The van der Waals surface area contributed by atoms with Crippen LogP contribution in [0.1, 0.15) is 206 Å². The molecule has 268 valence electrons. The summed E-state index contributed by atoms with van der Waals surface area (Å²) < 4.78 is 23.9. The minimum Gasteiger partial charge on any atom is -0.469 e. The van der Waals surface area contributed by atoms with Crippen LogP contribution < -0.4 is 0 Å². The molecule has 0 aromatic carbocycles. The summed E-state index contributed by atoms with van der Waals surface area (Å²) in [5.41, 5.74) is -0.171. The summed E-state index contributed by atoms with van der Waals surface area (Å²) in [6.07, 6.45) is 31.6. The largest absolute Gasteiger partial charge is 0.469 e. The molecule has 0 spiro atoms. The normalized spacial score (nSPS) is 14.2. The molecule has 2 atom stereocenters. The number of carbonyl (C=O) groups excluding carboxylic acids is 2. The second-order valence-electron chi connectivity index (χ2n) is 13.6. The van der Waals surface area contributed by atoms with Crippen molar-refractivity contribution in [2.24, 2.45) is 0 Å². The van der Waals surface area contributed by atoms with Gasteiger partial charge in [-0.1, -0.05) is 155 Å². The maximum absolute atomic E-state index is 14.4. The van der Waals surface area contributed by atoms with Crippen LogP contribution in [0, 0.1) is 0 Å². The Morgan fingerprint density at radius 1 is 0.467 bits per heavy atom. The zero-order chi connectivity index (χ0) is 33.4. The predicted octanol–water partition coefficient (Wildman–Crippen LogP) is 12.1. The lowest BCUT2D eigenvalue weighted by atomic mass is 10.0. The molecule has 0 aliphatic rings. The van der Waals surface area contributed by atoms with E-state index in [0.717, 1.165) is 103 Å². The van der Waals surface area contributed by atoms with E-state index >= 15 is 0 Å². The first-order valence-corrected chi connectivity index (χ1v) is 21.1. The van der Waals surface area contributed by atoms with Crippen LogP contribution in [0.4, 0.5) is 0 Å². The first-order chi connectivity index (χ1) is 21.8. The van der Waals surface area contributed by atoms with Crippen molar-refractivity contribution in [3.8, 4) is 0 Å². The smallest absolute Gasteiger partial charge is 0.305 e. The summed E-state index contributed by atoms with van der Waals surface area (Å²) in [4.78, 5) is 34.7. The molecule has 0 saturated carbocycles. The van der Waals surface area contributed by atoms with Crippen LogP contribution in [0.2, 0.25) is 0 Å². The van der Waals surface area contributed by atoms with E-state index in [0.29, 0.717) is 12.8 Å². The van der Waals surface area contributed by atoms with Crippen LogP contribution in [0.3, 0.4) is 0 Å². The highest BCUT2D eigenvalue weighted by atomic mass is 31.2. The fourth-order valence-electron chi connectivity index (χ4n) is 6.56. The Labute approximate surface area is 279 Å². The van der Waals surface area contributed by atoms with E-state index in [2.05, 4.69) is 13.8 Å². The molecule has 6 nitrogen and oxygen atoms in total. The molecule has 0 aliphatic carbocycles. The first-order valence-electron chi connectivity index (χ1n) is 19.3. The Balaban J connectivity index is 5.15. The minimum atomic E-state index is -3.32. The maximum Gasteiger partial charge on any atom is 0.305 e. The van der Waals surface area contributed by atoms with Crippen molar-refractivity contribution in [2.45, 2.75) is 218 Å². The summed E-state index contributed by atoms with van der Waals surface area (Å²) in [5, 5.41) is 0. The topological polar surface area (TPSA) is 89.9 Å². The van der Waals surface area contributed by atoms with E-state index in [-0.39, 0.29) is 23.3 Å². The van der Waals surface area contributed by atoms with Gasteiger partial charge in [0.1, 0.15) is 0 Å². The summed E-state index contributed by atoms with van der Waals surface area (Å²) in [5.74, 6) is -0.279. The highest BCUT2D eigenvalue weighted by Gasteiger charge is 2.37. The monoisotopic (exact) mass is 659 g/mol. The van der Waals surface area contributed by atoms with E-state index in [1.54, 1.807) is 0 Å². The van der Waals surface area contributed by atoms with Gasteiger partial charge in [0, 0.05) is 24.2 Å². The summed E-state index contributed by atoms with van der Waals surface area (Å²) in [6.45, 7) is 4.49. The summed E-state index contributed by atoms with van der Waals surface area (Å²) in [6, 6.07) is 0. The van der Waals surface area contributed by atoms with Crippen LogP contribution in [-0.4, -0.2) is 42.4 Å². The molecule has 0 rings (SSSR count). The number of rotatable bonds is 34. The zero-order valence-electron chi connectivity index (χ0n) is 30.3. The Morgan fingerprint density at radius 2 is 0.711 bits per heavy atom. The van der Waals surface area contributed by atoms with E-state index in [9.17, 15) is 19.0 Å². The molecule has 0 aliphatic heterocycles. The summed E-state index contributed by atoms with van der Waals surface area (Å²) >= 11 is 0. The number of esters is 2. The van der Waals surface area contributed by atoms with Crippen LogP contribution in [0.25, 0.3) is 0 Å². The molecule has 0 aromatic heterocycles. The molecule has 2 unspecified atom stereocenters. The molecule has 45 heavy (non-hydrogen) atoms. The summed E-state index contributed by atoms with van der Waals surface area (Å²) in [7, 11) is -0.445. The third-order valence-corrected chi connectivity index (χ3v) is 12.7. The number of unbranched alkanes of at least 4 members (excludes halogenated alkanes) is 20. The average Bonchev–Trinajstić information content (AvgIpc) is 3.03. The second kappa shape index (κ2) is 31.7. The van der Waals surface area contributed by atoms with Crippen molar-refractivity contribution in [1.29, 1.82) is 0 Å². The van der Waals surface area contributed by atoms with E-state index in [1.165, 1.54) is 91.3 Å². The van der Waals surface area contributed by atoms with Gasteiger partial charge in [-0.25, -0.2) is 0 Å². The fraction of sp³-hybridized carbons (Fsp3) is 0.947. The number of hydrogen-bond acceptors (Lipinski definition) is 5. The van der Waals surface area contributed by atoms with Gasteiger partial charge in [-0.15, -0.1) is 0 Å². The van der Waals surface area contributed by atoms with Gasteiger partial charge < -0.3 is 14.4 Å². The lowest BCUT2D eigenvalue weighted by Gasteiger charge is -2.31. The van der Waals surface area contributed by atoms with Crippen molar-refractivity contribution >= 4 is 19.3 Å². The van der Waals surface area contributed by atoms with Gasteiger partial charge >= 0.3 is 11.9 Å². The average molecular weight is 659 g/mol. The molecule has 0 bridgehead atoms. The lowest BCUT2D eigenvalue weighted by molar-refractivity contribution is -0.141. The minimum absolute atomic E-state index is 0.0854. The molecular weight excluding hydrogens is 583 g/mol. The highest BCUT2D eigenvalue weighted by Crippen LogP contribution is 2.57. The van der Waals surface area contributed by atoms with E-state index in [4.69, 9.17) is 9.47 Å². The molecule has 0 radical (unpaired) electrons. The number of hydrogen-bond donors (Lipinski definition) is 1. The Bertz CT molecular complexity index is 671. The number of methoxy groups -OCH3 is 2. The van der Waals surface area contributed by atoms with Crippen LogP contribution >= 0.6 is 7.37 Å². The molecule has 0 aromatic rings. The zero-order valence-corrected chi connectivity index (χ0v) is 31.2. The maximum atomic E-state index is 14.4. The molecule has 0 fully saturated rings. The van der Waals surface area contributed by atoms with Crippen LogP contribution in [-0.2, 0) is 23.6 Å². The van der Waals surface area contributed by atoms with Crippen LogP contribution in [0.15, 0.2) is 0 Å².